The molecule has 0 aliphatic heterocycles. The van der Waals surface area contributed by atoms with Crippen molar-refractivity contribution in [2.75, 3.05) is 26.4 Å². The van der Waals surface area contributed by atoms with E-state index in [-0.39, 0.29) is 11.9 Å². The lowest BCUT2D eigenvalue weighted by molar-refractivity contribution is -0.144. The van der Waals surface area contributed by atoms with E-state index in [1.807, 2.05) is 97.9 Å². The number of carbonyl (C=O) groups excluding carboxylic acids is 2. The van der Waals surface area contributed by atoms with Crippen LogP contribution >= 0.6 is 0 Å². The molecule has 12 nitrogen and oxygen atoms in total. The highest BCUT2D eigenvalue weighted by Gasteiger charge is 2.04. The quantitative estimate of drug-likeness (QED) is 0.0512. The van der Waals surface area contributed by atoms with Crippen molar-refractivity contribution in [1.29, 1.82) is 0 Å². The van der Waals surface area contributed by atoms with Crippen LogP contribution in [0.25, 0.3) is 0 Å². The number of benzene rings is 4. The fourth-order valence-electron chi connectivity index (χ4n) is 4.55. The van der Waals surface area contributed by atoms with Gasteiger partial charge in [0.15, 0.2) is 0 Å². The summed E-state index contributed by atoms with van der Waals surface area (Å²) < 4.78 is 21.3. The standard InChI is InChI=1S/C39H44N6O6/c1-4-48-38(46)10-6-8-26-50-35-21-16-32(17-22-35)41-40-30-12-14-31(15-13-30)43-45-37-25-20-34(28-29(37)3)44-42-33-18-23-36(24-19-33)51-27-9-7-11-39(47)49-5-2/h12-25,28H,4-11,26-27H2,1-3H3. The number of azo groups is 3. The first-order valence-corrected chi connectivity index (χ1v) is 17.1. The lowest BCUT2D eigenvalue weighted by Gasteiger charge is -2.06. The second-order valence-corrected chi connectivity index (χ2v) is 11.3. The van der Waals surface area contributed by atoms with Crippen molar-refractivity contribution in [1.82, 2.24) is 0 Å². The van der Waals surface area contributed by atoms with Crippen LogP contribution in [0.5, 0.6) is 11.5 Å². The molecule has 4 aromatic carbocycles. The second-order valence-electron chi connectivity index (χ2n) is 11.3. The van der Waals surface area contributed by atoms with Crippen LogP contribution in [0.3, 0.4) is 0 Å². The van der Waals surface area contributed by atoms with Crippen LogP contribution in [-0.2, 0) is 19.1 Å². The van der Waals surface area contributed by atoms with Crippen molar-refractivity contribution in [3.8, 4) is 11.5 Å². The highest BCUT2D eigenvalue weighted by molar-refractivity contribution is 5.69. The average molecular weight is 693 g/mol. The highest BCUT2D eigenvalue weighted by Crippen LogP contribution is 2.29. The average Bonchev–Trinajstić information content (AvgIpc) is 3.14. The Kier molecular flexibility index (Phi) is 15.9. The minimum Gasteiger partial charge on any atom is -0.494 e. The highest BCUT2D eigenvalue weighted by atomic mass is 16.5. The van der Waals surface area contributed by atoms with Gasteiger partial charge in [0.1, 0.15) is 11.5 Å². The van der Waals surface area contributed by atoms with Crippen LogP contribution in [0.1, 0.15) is 57.9 Å². The van der Waals surface area contributed by atoms with Gasteiger partial charge in [-0.3, -0.25) is 9.59 Å². The maximum atomic E-state index is 11.4. The number of hydrogen-bond acceptors (Lipinski definition) is 12. The van der Waals surface area contributed by atoms with E-state index in [1.54, 1.807) is 13.8 Å². The zero-order valence-electron chi connectivity index (χ0n) is 29.4. The molecule has 12 heteroatoms. The molecule has 0 saturated heterocycles. The van der Waals surface area contributed by atoms with Gasteiger partial charge in [-0.1, -0.05) is 0 Å². The molecule has 266 valence electrons. The normalized spacial score (nSPS) is 11.4. The lowest BCUT2D eigenvalue weighted by atomic mass is 10.2. The molecule has 0 amide bonds. The largest absolute Gasteiger partial charge is 0.494 e. The summed E-state index contributed by atoms with van der Waals surface area (Å²) in [7, 11) is 0. The minimum atomic E-state index is -0.172. The zero-order valence-corrected chi connectivity index (χ0v) is 29.4. The molecule has 51 heavy (non-hydrogen) atoms. The number of ether oxygens (including phenoxy) is 4. The molecule has 4 rings (SSSR count). The monoisotopic (exact) mass is 692 g/mol. The summed E-state index contributed by atoms with van der Waals surface area (Å²) >= 11 is 0. The van der Waals surface area contributed by atoms with Gasteiger partial charge in [0.2, 0.25) is 0 Å². The third-order valence-corrected chi connectivity index (χ3v) is 7.24. The number of unbranched alkanes of at least 4 members (excludes halogenated alkanes) is 2. The zero-order chi connectivity index (χ0) is 36.1. The van der Waals surface area contributed by atoms with Gasteiger partial charge in [0.05, 0.1) is 60.6 Å². The van der Waals surface area contributed by atoms with Gasteiger partial charge < -0.3 is 18.9 Å². The van der Waals surface area contributed by atoms with Crippen LogP contribution in [0.2, 0.25) is 0 Å². The minimum absolute atomic E-state index is 0.172. The Balaban J connectivity index is 1.19. The predicted octanol–water partition coefficient (Wildman–Crippen LogP) is 11.5. The first kappa shape index (κ1) is 38.0. The molecular weight excluding hydrogens is 648 g/mol. The molecule has 0 heterocycles. The van der Waals surface area contributed by atoms with E-state index in [2.05, 4.69) is 30.7 Å². The van der Waals surface area contributed by atoms with Gasteiger partial charge in [-0.25, -0.2) is 0 Å². The first-order chi connectivity index (χ1) is 24.9. The fraction of sp³-hybridized carbons (Fsp3) is 0.333. The van der Waals surface area contributed by atoms with Crippen molar-refractivity contribution in [2.45, 2.75) is 59.3 Å². The summed E-state index contributed by atoms with van der Waals surface area (Å²) in [6.07, 6.45) is 3.81. The Morgan fingerprint density at radius 1 is 0.490 bits per heavy atom. The molecule has 0 aliphatic carbocycles. The summed E-state index contributed by atoms with van der Waals surface area (Å²) in [5.74, 6) is 1.13. The summed E-state index contributed by atoms with van der Waals surface area (Å²) in [6.45, 7) is 7.42. The molecule has 0 bridgehead atoms. The second kappa shape index (κ2) is 21.3. The number of carbonyl (C=O) groups is 2. The van der Waals surface area contributed by atoms with Crippen molar-refractivity contribution < 1.29 is 28.5 Å². The molecule has 0 saturated carbocycles. The Labute approximate surface area is 298 Å². The van der Waals surface area contributed by atoms with Crippen LogP contribution in [0.15, 0.2) is 122 Å². The van der Waals surface area contributed by atoms with Crippen LogP contribution in [0.4, 0.5) is 34.1 Å². The van der Waals surface area contributed by atoms with Gasteiger partial charge in [0, 0.05) is 12.8 Å². The summed E-state index contributed by atoms with van der Waals surface area (Å²) in [5.41, 5.74) is 5.12. The lowest BCUT2D eigenvalue weighted by Crippen LogP contribution is -2.05. The van der Waals surface area contributed by atoms with Crippen LogP contribution in [-0.4, -0.2) is 38.4 Å². The SMILES string of the molecule is CCOC(=O)CCCCOc1ccc(N=Nc2ccc(N=Nc3ccc(N=Nc4ccc(OCCCCC(=O)OCC)cc4)cc3C)cc2)cc1. The van der Waals surface area contributed by atoms with E-state index in [9.17, 15) is 9.59 Å². The summed E-state index contributed by atoms with van der Waals surface area (Å²) in [4.78, 5) is 22.8. The predicted molar refractivity (Wildman–Crippen MR) is 195 cm³/mol. The van der Waals surface area contributed by atoms with Gasteiger partial charge in [-0.05, 0) is 143 Å². The van der Waals surface area contributed by atoms with Crippen LogP contribution in [0, 0.1) is 6.92 Å². The van der Waals surface area contributed by atoms with E-state index >= 15 is 0 Å². The Morgan fingerprint density at radius 2 is 0.863 bits per heavy atom. The van der Waals surface area contributed by atoms with Gasteiger partial charge >= 0.3 is 11.9 Å². The third-order valence-electron chi connectivity index (χ3n) is 7.24. The topological polar surface area (TPSA) is 145 Å². The van der Waals surface area contributed by atoms with Crippen LogP contribution < -0.4 is 9.47 Å². The van der Waals surface area contributed by atoms with Gasteiger partial charge in [0.25, 0.3) is 0 Å². The molecule has 0 aromatic heterocycles. The summed E-state index contributed by atoms with van der Waals surface area (Å²) in [6, 6.07) is 27.7. The maximum Gasteiger partial charge on any atom is 0.305 e. The van der Waals surface area contributed by atoms with E-state index < -0.39 is 0 Å². The molecule has 4 aromatic rings. The van der Waals surface area contributed by atoms with Gasteiger partial charge in [-0.15, -0.1) is 0 Å². The molecular formula is C39H44N6O6. The Bertz CT molecular complexity index is 1760. The Morgan fingerprint density at radius 3 is 1.27 bits per heavy atom. The van der Waals surface area contributed by atoms with E-state index in [1.165, 1.54) is 0 Å². The Hall–Kier alpha value is -5.78. The summed E-state index contributed by atoms with van der Waals surface area (Å²) in [5, 5.41) is 26.1. The van der Waals surface area contributed by atoms with E-state index in [4.69, 9.17) is 18.9 Å². The number of hydrogen-bond donors (Lipinski definition) is 0. The molecule has 0 radical (unpaired) electrons. The molecule has 0 aliphatic rings. The van der Waals surface area contributed by atoms with Crippen molar-refractivity contribution in [2.24, 2.45) is 30.7 Å². The molecule has 0 spiro atoms. The van der Waals surface area contributed by atoms with E-state index in [0.717, 1.165) is 48.4 Å². The smallest absolute Gasteiger partial charge is 0.305 e. The molecule has 0 fully saturated rings. The van der Waals surface area contributed by atoms with Crippen molar-refractivity contribution in [3.63, 3.8) is 0 Å². The molecule has 0 unspecified atom stereocenters. The van der Waals surface area contributed by atoms with Crippen molar-refractivity contribution in [3.05, 3.63) is 96.6 Å². The first-order valence-electron chi connectivity index (χ1n) is 17.1. The fourth-order valence-corrected chi connectivity index (χ4v) is 4.55. The third kappa shape index (κ3) is 14.3. The molecule has 0 atom stereocenters. The number of nitrogens with zero attached hydrogens (tertiary/aromatic N) is 6. The van der Waals surface area contributed by atoms with Gasteiger partial charge in [-0.2, -0.15) is 30.7 Å². The van der Waals surface area contributed by atoms with Crippen molar-refractivity contribution >= 4 is 46.1 Å². The van der Waals surface area contributed by atoms with E-state index in [0.29, 0.717) is 67.7 Å². The molecule has 0 N–H and O–H groups in total. The number of rotatable bonds is 20. The maximum absolute atomic E-state index is 11.4. The number of aryl methyl sites for hydroxylation is 1. The number of esters is 2.